The Kier molecular flexibility index (Phi) is 7.26. The second kappa shape index (κ2) is 10.0. The van der Waals surface area contributed by atoms with E-state index in [2.05, 4.69) is 26.1 Å². The van der Waals surface area contributed by atoms with Crippen LogP contribution in [0.2, 0.25) is 0 Å². The summed E-state index contributed by atoms with van der Waals surface area (Å²) in [6.07, 6.45) is 1.23. The van der Waals surface area contributed by atoms with Crippen molar-refractivity contribution >= 4 is 38.7 Å². The van der Waals surface area contributed by atoms with Gasteiger partial charge in [0.1, 0.15) is 4.21 Å². The number of thiophene rings is 1. The van der Waals surface area contributed by atoms with Crippen LogP contribution in [0, 0.1) is 5.92 Å². The molecule has 2 heterocycles. The predicted octanol–water partition coefficient (Wildman–Crippen LogP) is 5.32. The molecule has 3 aromatic rings. The molecule has 0 bridgehead atoms. The number of hydrogen-bond acceptors (Lipinski definition) is 5. The van der Waals surface area contributed by atoms with Gasteiger partial charge >= 0.3 is 0 Å². The molecular weight excluding hydrogens is 480 g/mol. The summed E-state index contributed by atoms with van der Waals surface area (Å²) in [5.41, 5.74) is 2.74. The highest BCUT2D eigenvalue weighted by Gasteiger charge is 2.33. The number of sulfonamides is 1. The van der Waals surface area contributed by atoms with E-state index in [4.69, 9.17) is 0 Å². The molecule has 6 nitrogen and oxygen atoms in total. The molecule has 2 aromatic carbocycles. The zero-order chi connectivity index (χ0) is 25.2. The first kappa shape index (κ1) is 25.3. The van der Waals surface area contributed by atoms with Gasteiger partial charge < -0.3 is 5.32 Å². The van der Waals surface area contributed by atoms with E-state index in [1.807, 2.05) is 24.3 Å². The lowest BCUT2D eigenvalue weighted by molar-refractivity contribution is -0.120. The van der Waals surface area contributed by atoms with Crippen molar-refractivity contribution in [3.8, 4) is 0 Å². The Morgan fingerprint density at radius 1 is 1.00 bits per heavy atom. The predicted molar refractivity (Wildman–Crippen MR) is 139 cm³/mol. The van der Waals surface area contributed by atoms with Crippen LogP contribution in [-0.4, -0.2) is 37.5 Å². The van der Waals surface area contributed by atoms with Crippen molar-refractivity contribution in [1.29, 1.82) is 0 Å². The number of amides is 1. The molecule has 0 radical (unpaired) electrons. The van der Waals surface area contributed by atoms with Gasteiger partial charge in [-0.1, -0.05) is 63.2 Å². The van der Waals surface area contributed by atoms with Gasteiger partial charge in [-0.3, -0.25) is 9.59 Å². The van der Waals surface area contributed by atoms with Gasteiger partial charge in [0.2, 0.25) is 5.91 Å². The number of ketones is 1. The van der Waals surface area contributed by atoms with E-state index in [0.717, 1.165) is 5.56 Å². The monoisotopic (exact) mass is 510 g/mol. The second-order valence-corrected chi connectivity index (χ2v) is 13.0. The third-order valence-electron chi connectivity index (χ3n) is 6.25. The maximum Gasteiger partial charge on any atom is 0.252 e. The fourth-order valence-corrected chi connectivity index (χ4v) is 6.85. The highest BCUT2D eigenvalue weighted by molar-refractivity contribution is 7.91. The van der Waals surface area contributed by atoms with E-state index >= 15 is 0 Å². The third kappa shape index (κ3) is 5.72. The molecule has 1 aliphatic heterocycles. The van der Waals surface area contributed by atoms with Crippen molar-refractivity contribution < 1.29 is 18.0 Å². The van der Waals surface area contributed by atoms with E-state index in [1.54, 1.807) is 41.8 Å². The zero-order valence-corrected chi connectivity index (χ0v) is 21.8. The van der Waals surface area contributed by atoms with Gasteiger partial charge in [0.15, 0.2) is 5.78 Å². The second-order valence-electron chi connectivity index (χ2n) is 9.86. The number of nitrogens with one attached hydrogen (secondary N) is 1. The maximum atomic E-state index is 13.0. The first-order chi connectivity index (χ1) is 16.6. The van der Waals surface area contributed by atoms with Crippen molar-refractivity contribution in [1.82, 2.24) is 4.31 Å². The van der Waals surface area contributed by atoms with Crippen LogP contribution in [0.4, 0.5) is 5.69 Å². The Bertz CT molecular complexity index is 1310. The fraction of sp³-hybridized carbons (Fsp3) is 0.333. The van der Waals surface area contributed by atoms with Crippen LogP contribution in [0.1, 0.15) is 55.1 Å². The number of anilines is 1. The number of nitrogens with zero attached hydrogens (tertiary/aromatic N) is 1. The molecule has 1 saturated heterocycles. The van der Waals surface area contributed by atoms with Gasteiger partial charge in [0.25, 0.3) is 10.0 Å². The molecule has 1 N–H and O–H groups in total. The molecule has 1 atom stereocenters. The highest BCUT2D eigenvalue weighted by atomic mass is 32.2. The summed E-state index contributed by atoms with van der Waals surface area (Å²) in [6, 6.07) is 17.8. The van der Waals surface area contributed by atoms with Crippen molar-refractivity contribution in [2.75, 3.05) is 18.4 Å². The molecule has 1 amide bonds. The van der Waals surface area contributed by atoms with Crippen LogP contribution in [0.5, 0.6) is 0 Å². The number of rotatable bonds is 6. The Balaban J connectivity index is 1.44. The summed E-state index contributed by atoms with van der Waals surface area (Å²) in [5, 5.41) is 4.61. The fourth-order valence-electron chi connectivity index (χ4n) is 4.18. The normalized spacial score (nSPS) is 17.2. The first-order valence-electron chi connectivity index (χ1n) is 11.7. The Morgan fingerprint density at radius 2 is 1.74 bits per heavy atom. The Hall–Kier alpha value is -2.81. The van der Waals surface area contributed by atoms with E-state index in [0.29, 0.717) is 40.4 Å². The van der Waals surface area contributed by atoms with Crippen LogP contribution >= 0.6 is 11.3 Å². The van der Waals surface area contributed by atoms with E-state index in [1.165, 1.54) is 15.6 Å². The highest BCUT2D eigenvalue weighted by Crippen LogP contribution is 2.27. The molecule has 0 aliphatic carbocycles. The summed E-state index contributed by atoms with van der Waals surface area (Å²) in [7, 11) is -3.59. The summed E-state index contributed by atoms with van der Waals surface area (Å²) in [6.45, 7) is 6.92. The quantitative estimate of drug-likeness (QED) is 0.455. The smallest absolute Gasteiger partial charge is 0.252 e. The van der Waals surface area contributed by atoms with Gasteiger partial charge in [0, 0.05) is 29.9 Å². The topological polar surface area (TPSA) is 83.6 Å². The van der Waals surface area contributed by atoms with Crippen LogP contribution in [-0.2, 0) is 20.2 Å². The van der Waals surface area contributed by atoms with Gasteiger partial charge in [-0.15, -0.1) is 11.3 Å². The summed E-state index contributed by atoms with van der Waals surface area (Å²) >= 11 is 1.18. The SMILES string of the molecule is CC(C)(C)c1ccc(C(=O)c2cccc(NC(=O)[C@H]3CCCN(S(=O)(=O)c4cccs4)C3)c2)cc1. The van der Waals surface area contributed by atoms with Crippen LogP contribution in [0.3, 0.4) is 0 Å². The summed E-state index contributed by atoms with van der Waals surface area (Å²) in [4.78, 5) is 26.0. The number of benzene rings is 2. The number of piperidine rings is 1. The standard InChI is InChI=1S/C27H30N2O4S2/c1-27(2,3)22-13-11-19(12-14-22)25(30)20-7-4-9-23(17-20)28-26(31)21-8-5-15-29(18-21)35(32,33)24-10-6-16-34-24/h4,6-7,9-14,16-17,21H,5,8,15,18H2,1-3H3,(H,28,31)/t21-/m0/s1. The maximum absolute atomic E-state index is 13.0. The number of carbonyl (C=O) groups is 2. The van der Waals surface area contributed by atoms with E-state index < -0.39 is 15.9 Å². The average molecular weight is 511 g/mol. The van der Waals surface area contributed by atoms with Crippen molar-refractivity contribution in [3.63, 3.8) is 0 Å². The molecule has 8 heteroatoms. The largest absolute Gasteiger partial charge is 0.326 e. The zero-order valence-electron chi connectivity index (χ0n) is 20.2. The molecule has 35 heavy (non-hydrogen) atoms. The molecule has 1 fully saturated rings. The molecule has 0 spiro atoms. The molecule has 0 saturated carbocycles. The third-order valence-corrected chi connectivity index (χ3v) is 9.49. The molecule has 4 rings (SSSR count). The first-order valence-corrected chi connectivity index (χ1v) is 14.0. The lowest BCUT2D eigenvalue weighted by Crippen LogP contribution is -2.43. The van der Waals surface area contributed by atoms with E-state index in [-0.39, 0.29) is 23.7 Å². The minimum atomic E-state index is -3.59. The summed E-state index contributed by atoms with van der Waals surface area (Å²) in [5.74, 6) is -0.814. The average Bonchev–Trinajstić information content (AvgIpc) is 3.39. The molecular formula is C27H30N2O4S2. The number of carbonyl (C=O) groups excluding carboxylic acids is 2. The van der Waals surface area contributed by atoms with Crippen LogP contribution in [0.25, 0.3) is 0 Å². The molecule has 0 unspecified atom stereocenters. The van der Waals surface area contributed by atoms with E-state index in [9.17, 15) is 18.0 Å². The Morgan fingerprint density at radius 3 is 2.40 bits per heavy atom. The minimum absolute atomic E-state index is 0.00355. The lowest BCUT2D eigenvalue weighted by atomic mass is 9.86. The molecule has 1 aliphatic rings. The van der Waals surface area contributed by atoms with Gasteiger partial charge in [-0.2, -0.15) is 4.31 Å². The van der Waals surface area contributed by atoms with Gasteiger partial charge in [-0.05, 0) is 47.4 Å². The van der Waals surface area contributed by atoms with Crippen LogP contribution in [0.15, 0.2) is 70.3 Å². The molecule has 1 aromatic heterocycles. The minimum Gasteiger partial charge on any atom is -0.326 e. The van der Waals surface area contributed by atoms with Crippen LogP contribution < -0.4 is 5.32 Å². The van der Waals surface area contributed by atoms with Gasteiger partial charge in [0.05, 0.1) is 5.92 Å². The number of hydrogen-bond donors (Lipinski definition) is 1. The Labute approximate surface area is 211 Å². The summed E-state index contributed by atoms with van der Waals surface area (Å²) < 4.78 is 27.4. The van der Waals surface area contributed by atoms with Crippen molar-refractivity contribution in [2.45, 2.75) is 43.2 Å². The lowest BCUT2D eigenvalue weighted by Gasteiger charge is -2.30. The molecule has 184 valence electrons. The van der Waals surface area contributed by atoms with Crippen molar-refractivity contribution in [2.24, 2.45) is 5.92 Å². The van der Waals surface area contributed by atoms with Gasteiger partial charge in [-0.25, -0.2) is 8.42 Å². The van der Waals surface area contributed by atoms with Crippen molar-refractivity contribution in [3.05, 3.63) is 82.7 Å².